The van der Waals surface area contributed by atoms with Crippen LogP contribution in [0.2, 0.25) is 0 Å². The first kappa shape index (κ1) is 16.5. The van der Waals surface area contributed by atoms with Crippen LogP contribution in [0.5, 0.6) is 0 Å². The van der Waals surface area contributed by atoms with Crippen LogP contribution in [0.4, 0.5) is 0 Å². The number of amides is 1. The van der Waals surface area contributed by atoms with Crippen LogP contribution in [0.1, 0.15) is 36.2 Å². The SMILES string of the molecule is CN1[C@@H]2CC[C@H]1C[C@@H](NC(=O)c1nn(S(C)(=O)=O)c3ccccc13)C2. The van der Waals surface area contributed by atoms with Gasteiger partial charge in [0.25, 0.3) is 15.9 Å². The highest BCUT2D eigenvalue weighted by atomic mass is 32.2. The number of piperidine rings is 1. The second-order valence-corrected chi connectivity index (χ2v) is 8.98. The number of carbonyl (C=O) groups is 1. The molecule has 1 amide bonds. The molecule has 1 aromatic heterocycles. The van der Waals surface area contributed by atoms with Crippen molar-refractivity contribution >= 4 is 26.8 Å². The number of hydrogen-bond donors (Lipinski definition) is 1. The first-order valence-electron chi connectivity index (χ1n) is 8.55. The Labute approximate surface area is 147 Å². The molecule has 0 unspecified atom stereocenters. The van der Waals surface area contributed by atoms with Gasteiger partial charge >= 0.3 is 0 Å². The zero-order chi connectivity index (χ0) is 17.8. The van der Waals surface area contributed by atoms with Gasteiger partial charge in [0.05, 0.1) is 11.8 Å². The number of nitrogens with one attached hydrogen (secondary N) is 1. The summed E-state index contributed by atoms with van der Waals surface area (Å²) in [6, 6.07) is 8.07. The van der Waals surface area contributed by atoms with Crippen molar-refractivity contribution < 1.29 is 13.2 Å². The van der Waals surface area contributed by atoms with Crippen molar-refractivity contribution in [2.75, 3.05) is 13.3 Å². The normalized spacial score (nSPS) is 26.9. The second-order valence-electron chi connectivity index (χ2n) is 7.16. The predicted molar refractivity (Wildman–Crippen MR) is 95.0 cm³/mol. The van der Waals surface area contributed by atoms with Crippen LogP contribution >= 0.6 is 0 Å². The topological polar surface area (TPSA) is 84.3 Å². The molecule has 2 fully saturated rings. The molecule has 3 heterocycles. The quantitative estimate of drug-likeness (QED) is 0.887. The number of para-hydroxylation sites is 1. The molecular weight excluding hydrogens is 340 g/mol. The third-order valence-corrected chi connectivity index (χ3v) is 6.43. The van der Waals surface area contributed by atoms with Crippen LogP contribution in [0.3, 0.4) is 0 Å². The van der Waals surface area contributed by atoms with Crippen LogP contribution in [-0.2, 0) is 10.0 Å². The predicted octanol–water partition coefficient (Wildman–Crippen LogP) is 1.20. The highest BCUT2D eigenvalue weighted by molar-refractivity contribution is 7.89. The summed E-state index contributed by atoms with van der Waals surface area (Å²) in [5.74, 6) is -0.299. The third-order valence-electron chi connectivity index (χ3n) is 5.52. The minimum absolute atomic E-state index is 0.114. The summed E-state index contributed by atoms with van der Waals surface area (Å²) < 4.78 is 24.9. The van der Waals surface area contributed by atoms with Gasteiger partial charge in [-0.1, -0.05) is 18.2 Å². The summed E-state index contributed by atoms with van der Waals surface area (Å²) in [5.41, 5.74) is 0.603. The molecule has 1 N–H and O–H groups in total. The molecule has 3 atom stereocenters. The molecule has 0 saturated carbocycles. The van der Waals surface area contributed by atoms with E-state index in [1.807, 2.05) is 0 Å². The van der Waals surface area contributed by atoms with Gasteiger partial charge in [0.1, 0.15) is 0 Å². The summed E-state index contributed by atoms with van der Waals surface area (Å²) in [6.07, 6.45) is 5.31. The van der Waals surface area contributed by atoms with E-state index in [1.54, 1.807) is 24.3 Å². The molecular formula is C17H22N4O3S. The van der Waals surface area contributed by atoms with Gasteiger partial charge in [-0.05, 0) is 38.8 Å². The van der Waals surface area contributed by atoms with Crippen molar-refractivity contribution in [3.05, 3.63) is 30.0 Å². The largest absolute Gasteiger partial charge is 0.348 e. The molecule has 8 heteroatoms. The van der Waals surface area contributed by atoms with E-state index in [1.165, 1.54) is 12.8 Å². The molecule has 1 aromatic carbocycles. The van der Waals surface area contributed by atoms with Gasteiger partial charge in [-0.25, -0.2) is 8.42 Å². The van der Waals surface area contributed by atoms with Crippen molar-refractivity contribution in [2.24, 2.45) is 0 Å². The molecule has 4 rings (SSSR count). The fraction of sp³-hybridized carbons (Fsp3) is 0.529. The molecule has 2 saturated heterocycles. The van der Waals surface area contributed by atoms with Gasteiger partial charge in [0.15, 0.2) is 5.69 Å². The van der Waals surface area contributed by atoms with Crippen molar-refractivity contribution in [2.45, 2.75) is 43.8 Å². The van der Waals surface area contributed by atoms with Crippen molar-refractivity contribution in [3.63, 3.8) is 0 Å². The monoisotopic (exact) mass is 362 g/mol. The maximum Gasteiger partial charge on any atom is 0.272 e. The molecule has 25 heavy (non-hydrogen) atoms. The molecule has 0 aliphatic carbocycles. The lowest BCUT2D eigenvalue weighted by atomic mass is 9.98. The van der Waals surface area contributed by atoms with Crippen LogP contribution < -0.4 is 5.32 Å². The van der Waals surface area contributed by atoms with E-state index < -0.39 is 10.0 Å². The first-order chi connectivity index (χ1) is 11.8. The van der Waals surface area contributed by atoms with Crippen LogP contribution in [-0.4, -0.2) is 59.8 Å². The first-order valence-corrected chi connectivity index (χ1v) is 10.4. The summed E-state index contributed by atoms with van der Waals surface area (Å²) >= 11 is 0. The Morgan fingerprint density at radius 1 is 1.20 bits per heavy atom. The number of rotatable bonds is 3. The number of benzene rings is 1. The molecule has 134 valence electrons. The number of nitrogens with zero attached hydrogens (tertiary/aromatic N) is 3. The van der Waals surface area contributed by atoms with Gasteiger partial charge in [-0.15, -0.1) is 0 Å². The van der Waals surface area contributed by atoms with Crippen LogP contribution in [0, 0.1) is 0 Å². The van der Waals surface area contributed by atoms with E-state index in [9.17, 15) is 13.2 Å². The van der Waals surface area contributed by atoms with E-state index in [0.717, 1.165) is 23.2 Å². The Bertz CT molecular complexity index is 923. The number of hydrogen-bond acceptors (Lipinski definition) is 5. The lowest BCUT2D eigenvalue weighted by Gasteiger charge is -2.36. The smallest absolute Gasteiger partial charge is 0.272 e. The molecule has 0 radical (unpaired) electrons. The summed E-state index contributed by atoms with van der Waals surface area (Å²) in [7, 11) is -1.42. The van der Waals surface area contributed by atoms with Crippen LogP contribution in [0.15, 0.2) is 24.3 Å². The average Bonchev–Trinajstić information content (AvgIpc) is 3.02. The highest BCUT2D eigenvalue weighted by Crippen LogP contribution is 2.34. The lowest BCUT2D eigenvalue weighted by molar-refractivity contribution is 0.0879. The van der Waals surface area contributed by atoms with Gasteiger partial charge < -0.3 is 10.2 Å². The van der Waals surface area contributed by atoms with Gasteiger partial charge in [0.2, 0.25) is 0 Å². The maximum atomic E-state index is 12.8. The van der Waals surface area contributed by atoms with Gasteiger partial charge in [-0.2, -0.15) is 9.19 Å². The van der Waals surface area contributed by atoms with E-state index in [4.69, 9.17) is 0 Å². The Balaban J connectivity index is 1.63. The zero-order valence-corrected chi connectivity index (χ0v) is 15.2. The standard InChI is InChI=1S/C17H22N4O3S/c1-20-12-7-8-13(20)10-11(9-12)18-17(22)16-14-5-3-4-6-15(14)21(19-16)25(2,23)24/h3-6,11-13H,7-10H2,1-2H3,(H,18,22)/t11-,12+,13-. The molecule has 0 spiro atoms. The molecule has 2 aromatic rings. The van der Waals surface area contributed by atoms with Gasteiger partial charge in [-0.3, -0.25) is 4.79 Å². The number of carbonyl (C=O) groups excluding carboxylic acids is 1. The van der Waals surface area contributed by atoms with E-state index >= 15 is 0 Å². The fourth-order valence-corrected chi connectivity index (χ4v) is 4.99. The minimum atomic E-state index is -3.57. The zero-order valence-electron chi connectivity index (χ0n) is 14.3. The summed E-state index contributed by atoms with van der Waals surface area (Å²) in [5, 5.41) is 7.73. The Morgan fingerprint density at radius 3 is 2.48 bits per heavy atom. The fourth-order valence-electron chi connectivity index (χ4n) is 4.24. The van der Waals surface area contributed by atoms with Crippen molar-refractivity contribution in [1.82, 2.24) is 19.4 Å². The Morgan fingerprint density at radius 2 is 1.84 bits per heavy atom. The molecule has 2 aliphatic heterocycles. The highest BCUT2D eigenvalue weighted by Gasteiger charge is 2.39. The number of aromatic nitrogens is 2. The Hall–Kier alpha value is -1.93. The Kier molecular flexibility index (Phi) is 3.84. The second kappa shape index (κ2) is 5.81. The lowest BCUT2D eigenvalue weighted by Crippen LogP contribution is -2.48. The minimum Gasteiger partial charge on any atom is -0.348 e. The van der Waals surface area contributed by atoms with Crippen LogP contribution in [0.25, 0.3) is 10.9 Å². The van der Waals surface area contributed by atoms with Gasteiger partial charge in [0, 0.05) is 23.5 Å². The third kappa shape index (κ3) is 2.83. The maximum absolute atomic E-state index is 12.8. The average molecular weight is 362 g/mol. The van der Waals surface area contributed by atoms with Crippen molar-refractivity contribution in [3.8, 4) is 0 Å². The van der Waals surface area contributed by atoms with E-state index in [0.29, 0.717) is 23.0 Å². The molecule has 7 nitrogen and oxygen atoms in total. The summed E-state index contributed by atoms with van der Waals surface area (Å²) in [6.45, 7) is 0. The molecule has 2 aliphatic rings. The van der Waals surface area contributed by atoms with Crippen molar-refractivity contribution in [1.29, 1.82) is 0 Å². The van der Waals surface area contributed by atoms with E-state index in [2.05, 4.69) is 22.4 Å². The number of fused-ring (bicyclic) bond motifs is 3. The molecule has 2 bridgehead atoms. The summed E-state index contributed by atoms with van der Waals surface area (Å²) in [4.78, 5) is 15.2. The van der Waals surface area contributed by atoms with E-state index in [-0.39, 0.29) is 17.6 Å².